The predicted molar refractivity (Wildman–Crippen MR) is 71.3 cm³/mol. The first-order valence-corrected chi connectivity index (χ1v) is 5.85. The van der Waals surface area contributed by atoms with E-state index in [-0.39, 0.29) is 11.3 Å². The van der Waals surface area contributed by atoms with Crippen molar-refractivity contribution in [1.82, 2.24) is 0 Å². The molecule has 0 atom stereocenters. The Labute approximate surface area is 118 Å². The Morgan fingerprint density at radius 2 is 2.05 bits per heavy atom. The number of rotatable bonds is 4. The Balaban J connectivity index is 2.59. The van der Waals surface area contributed by atoms with Gasteiger partial charge in [-0.3, -0.25) is 10.1 Å². The molecule has 0 saturated carbocycles. The van der Waals surface area contributed by atoms with Crippen LogP contribution in [0, 0.1) is 22.9 Å². The van der Waals surface area contributed by atoms with Gasteiger partial charge >= 0.3 is 11.7 Å². The third-order valence-electron chi connectivity index (χ3n) is 2.78. The summed E-state index contributed by atoms with van der Waals surface area (Å²) in [5.41, 5.74) is -0.350. The number of nitrogens with zero attached hydrogens (tertiary/aromatic N) is 1. The van der Waals surface area contributed by atoms with E-state index in [0.717, 1.165) is 12.1 Å². The molecule has 0 aliphatic carbocycles. The minimum absolute atomic E-state index is 0.0202. The molecule has 0 radical (unpaired) electrons. The first kappa shape index (κ1) is 14.4. The Hall–Kier alpha value is -2.96. The summed E-state index contributed by atoms with van der Waals surface area (Å²) in [4.78, 5) is 21.4. The van der Waals surface area contributed by atoms with Crippen molar-refractivity contribution in [1.29, 1.82) is 0 Å². The molecule has 108 valence electrons. The average molecular weight is 291 g/mol. The van der Waals surface area contributed by atoms with Crippen molar-refractivity contribution in [2.75, 3.05) is 0 Å². The lowest BCUT2D eigenvalue weighted by Gasteiger charge is -2.11. The van der Waals surface area contributed by atoms with Crippen molar-refractivity contribution in [2.24, 2.45) is 0 Å². The summed E-state index contributed by atoms with van der Waals surface area (Å²) in [5.74, 6) is -2.37. The van der Waals surface area contributed by atoms with E-state index in [0.29, 0.717) is 5.56 Å². The minimum Gasteiger partial charge on any atom is -0.478 e. The minimum atomic E-state index is -1.37. The number of aryl methyl sites for hydroxylation is 1. The van der Waals surface area contributed by atoms with Gasteiger partial charge in [0.15, 0.2) is 0 Å². The normalized spacial score (nSPS) is 10.2. The summed E-state index contributed by atoms with van der Waals surface area (Å²) >= 11 is 0. The lowest BCUT2D eigenvalue weighted by Crippen LogP contribution is -2.03. The molecule has 0 saturated heterocycles. The Bertz CT molecular complexity index is 697. The molecular weight excluding hydrogens is 281 g/mol. The molecule has 2 rings (SSSR count). The smallest absolute Gasteiger partial charge is 0.339 e. The van der Waals surface area contributed by atoms with Crippen molar-refractivity contribution < 1.29 is 24.0 Å². The topological polar surface area (TPSA) is 89.7 Å². The van der Waals surface area contributed by atoms with Crippen LogP contribution in [0.1, 0.15) is 15.9 Å². The maximum Gasteiger partial charge on any atom is 0.339 e. The van der Waals surface area contributed by atoms with Gasteiger partial charge in [-0.2, -0.15) is 0 Å². The third kappa shape index (κ3) is 2.97. The summed E-state index contributed by atoms with van der Waals surface area (Å²) in [6, 6.07) is 7.22. The van der Waals surface area contributed by atoms with E-state index in [2.05, 4.69) is 0 Å². The molecule has 0 fully saturated rings. The van der Waals surface area contributed by atoms with Gasteiger partial charge in [0, 0.05) is 12.1 Å². The molecule has 0 unspecified atom stereocenters. The van der Waals surface area contributed by atoms with Gasteiger partial charge in [0.05, 0.1) is 4.92 Å². The first-order chi connectivity index (χ1) is 9.90. The van der Waals surface area contributed by atoms with Crippen molar-refractivity contribution >= 4 is 11.7 Å². The van der Waals surface area contributed by atoms with E-state index in [1.54, 1.807) is 6.92 Å². The van der Waals surface area contributed by atoms with Gasteiger partial charge in [0.1, 0.15) is 17.1 Å². The lowest BCUT2D eigenvalue weighted by atomic mass is 10.1. The number of ether oxygens (including phenoxy) is 1. The number of nitro benzene ring substituents is 1. The van der Waals surface area contributed by atoms with Crippen LogP contribution < -0.4 is 4.74 Å². The van der Waals surface area contributed by atoms with E-state index in [9.17, 15) is 19.3 Å². The summed E-state index contributed by atoms with van der Waals surface area (Å²) in [6.07, 6.45) is 0. The maximum atomic E-state index is 13.2. The second-order valence-corrected chi connectivity index (χ2v) is 4.23. The molecule has 0 amide bonds. The van der Waals surface area contributed by atoms with Crippen molar-refractivity contribution in [3.05, 3.63) is 63.5 Å². The van der Waals surface area contributed by atoms with Gasteiger partial charge in [-0.1, -0.05) is 12.1 Å². The van der Waals surface area contributed by atoms with Crippen molar-refractivity contribution in [3.63, 3.8) is 0 Å². The Morgan fingerprint density at radius 1 is 1.33 bits per heavy atom. The monoisotopic (exact) mass is 291 g/mol. The average Bonchev–Trinajstić information content (AvgIpc) is 2.42. The molecule has 2 aromatic carbocycles. The number of para-hydroxylation sites is 1. The fourth-order valence-electron chi connectivity index (χ4n) is 1.74. The van der Waals surface area contributed by atoms with E-state index < -0.39 is 28.1 Å². The van der Waals surface area contributed by atoms with Crippen molar-refractivity contribution in [2.45, 2.75) is 6.92 Å². The zero-order valence-electron chi connectivity index (χ0n) is 10.9. The van der Waals surface area contributed by atoms with E-state index in [1.165, 1.54) is 24.3 Å². The molecule has 0 aliphatic heterocycles. The zero-order valence-corrected chi connectivity index (χ0v) is 10.9. The van der Waals surface area contributed by atoms with Gasteiger partial charge in [-0.15, -0.1) is 0 Å². The van der Waals surface area contributed by atoms with Gasteiger partial charge in [0.2, 0.25) is 5.75 Å². The number of benzene rings is 2. The summed E-state index contributed by atoms with van der Waals surface area (Å²) in [5, 5.41) is 20.1. The Morgan fingerprint density at radius 3 is 2.67 bits per heavy atom. The summed E-state index contributed by atoms with van der Waals surface area (Å²) < 4.78 is 18.6. The highest BCUT2D eigenvalue weighted by Gasteiger charge is 2.24. The van der Waals surface area contributed by atoms with Gasteiger partial charge in [0.25, 0.3) is 0 Å². The number of halogens is 1. The quantitative estimate of drug-likeness (QED) is 0.687. The van der Waals surface area contributed by atoms with Crippen LogP contribution in [0.3, 0.4) is 0 Å². The second kappa shape index (κ2) is 5.58. The highest BCUT2D eigenvalue weighted by molar-refractivity contribution is 5.92. The molecule has 0 spiro atoms. The fourth-order valence-corrected chi connectivity index (χ4v) is 1.74. The summed E-state index contributed by atoms with van der Waals surface area (Å²) in [7, 11) is 0. The number of carboxylic acids is 1. The molecule has 6 nitrogen and oxygen atoms in total. The number of carbonyl (C=O) groups is 1. The predicted octanol–water partition coefficient (Wildman–Crippen LogP) is 3.53. The SMILES string of the molecule is Cc1ccc(F)cc1Oc1c(C(=O)O)cccc1[N+](=O)[O-]. The molecule has 0 bridgehead atoms. The van der Waals surface area contributed by atoms with Crippen LogP contribution in [0.2, 0.25) is 0 Å². The van der Waals surface area contributed by atoms with Crippen LogP contribution in [-0.4, -0.2) is 16.0 Å². The standard InChI is InChI=1S/C14H10FNO5/c1-8-5-6-9(15)7-12(8)21-13-10(14(17)18)3-2-4-11(13)16(19)20/h2-7H,1H3,(H,17,18). The fraction of sp³-hybridized carbons (Fsp3) is 0.0714. The molecule has 0 aliphatic rings. The number of aromatic carboxylic acids is 1. The highest BCUT2D eigenvalue weighted by atomic mass is 19.1. The van der Waals surface area contributed by atoms with Gasteiger partial charge in [-0.25, -0.2) is 9.18 Å². The molecule has 21 heavy (non-hydrogen) atoms. The molecule has 0 heterocycles. The molecule has 7 heteroatoms. The lowest BCUT2D eigenvalue weighted by molar-refractivity contribution is -0.385. The molecule has 2 aromatic rings. The van der Waals surface area contributed by atoms with E-state index in [1.807, 2.05) is 0 Å². The number of carboxylic acid groups (broad SMARTS) is 1. The maximum absolute atomic E-state index is 13.2. The van der Waals surface area contributed by atoms with E-state index >= 15 is 0 Å². The van der Waals surface area contributed by atoms with Crippen LogP contribution >= 0.6 is 0 Å². The highest BCUT2D eigenvalue weighted by Crippen LogP contribution is 2.36. The molecular formula is C14H10FNO5. The molecule has 0 aromatic heterocycles. The number of nitro groups is 1. The zero-order chi connectivity index (χ0) is 15.6. The van der Waals surface area contributed by atoms with Crippen LogP contribution in [0.5, 0.6) is 11.5 Å². The number of hydrogen-bond acceptors (Lipinski definition) is 4. The van der Waals surface area contributed by atoms with Crippen LogP contribution in [0.25, 0.3) is 0 Å². The summed E-state index contributed by atoms with van der Waals surface area (Å²) in [6.45, 7) is 1.62. The van der Waals surface area contributed by atoms with Crippen LogP contribution in [-0.2, 0) is 0 Å². The van der Waals surface area contributed by atoms with Crippen LogP contribution in [0.4, 0.5) is 10.1 Å². The second-order valence-electron chi connectivity index (χ2n) is 4.23. The van der Waals surface area contributed by atoms with Crippen LogP contribution in [0.15, 0.2) is 36.4 Å². The molecule has 1 N–H and O–H groups in total. The third-order valence-corrected chi connectivity index (χ3v) is 2.78. The largest absolute Gasteiger partial charge is 0.478 e. The van der Waals surface area contributed by atoms with E-state index in [4.69, 9.17) is 9.84 Å². The van der Waals surface area contributed by atoms with Gasteiger partial charge in [-0.05, 0) is 24.6 Å². The first-order valence-electron chi connectivity index (χ1n) is 5.85. The van der Waals surface area contributed by atoms with Crippen molar-refractivity contribution in [3.8, 4) is 11.5 Å². The number of hydrogen-bond donors (Lipinski definition) is 1. The van der Waals surface area contributed by atoms with Gasteiger partial charge < -0.3 is 9.84 Å². The Kier molecular flexibility index (Phi) is 3.84.